The van der Waals surface area contributed by atoms with E-state index in [1.54, 1.807) is 7.11 Å². The fraction of sp³-hybridized carbons (Fsp3) is 0.158. The van der Waals surface area contributed by atoms with E-state index < -0.39 is 0 Å². The van der Waals surface area contributed by atoms with E-state index in [4.69, 9.17) is 26.8 Å². The van der Waals surface area contributed by atoms with Gasteiger partial charge in [0.25, 0.3) is 0 Å². The number of fused-ring (bicyclic) bond motifs is 1. The minimum atomic E-state index is 0.402. The van der Waals surface area contributed by atoms with Crippen LogP contribution in [0.2, 0.25) is 5.02 Å². The van der Waals surface area contributed by atoms with Crippen molar-refractivity contribution in [3.8, 4) is 11.5 Å². The van der Waals surface area contributed by atoms with Crippen molar-refractivity contribution in [3.63, 3.8) is 0 Å². The molecule has 0 spiro atoms. The molecule has 0 heterocycles. The maximum absolute atomic E-state index is 6.32. The van der Waals surface area contributed by atoms with Crippen LogP contribution in [0.25, 0.3) is 10.8 Å². The largest absolute Gasteiger partial charge is 0.493 e. The number of methoxy groups -OCH3 is 1. The molecular weight excluding hydrogens is 310 g/mol. The highest BCUT2D eigenvalue weighted by atomic mass is 35.5. The van der Waals surface area contributed by atoms with Crippen LogP contribution in [0, 0.1) is 0 Å². The monoisotopic (exact) mass is 327 g/mol. The second-order valence-corrected chi connectivity index (χ2v) is 5.65. The van der Waals surface area contributed by atoms with Crippen LogP contribution in [0.5, 0.6) is 11.5 Å². The molecular formula is C19H18ClNO2. The van der Waals surface area contributed by atoms with Crippen molar-refractivity contribution >= 4 is 22.4 Å². The fourth-order valence-electron chi connectivity index (χ4n) is 2.60. The molecule has 2 N–H and O–H groups in total. The van der Waals surface area contributed by atoms with Crippen LogP contribution in [0.3, 0.4) is 0 Å². The summed E-state index contributed by atoms with van der Waals surface area (Å²) < 4.78 is 11.3. The SMILES string of the molecule is COc1cc(CN)cc(Cl)c1OCc1cccc2ccccc12. The predicted octanol–water partition coefficient (Wildman–Crippen LogP) is 4.54. The number of hydrogen-bond donors (Lipinski definition) is 1. The van der Waals surface area contributed by atoms with Gasteiger partial charge in [0.2, 0.25) is 0 Å². The maximum atomic E-state index is 6.32. The zero-order chi connectivity index (χ0) is 16.2. The van der Waals surface area contributed by atoms with Crippen LogP contribution in [0.4, 0.5) is 0 Å². The minimum absolute atomic E-state index is 0.402. The van der Waals surface area contributed by atoms with Gasteiger partial charge in [-0.1, -0.05) is 54.1 Å². The van der Waals surface area contributed by atoms with Gasteiger partial charge >= 0.3 is 0 Å². The summed E-state index contributed by atoms with van der Waals surface area (Å²) in [6, 6.07) is 18.0. The van der Waals surface area contributed by atoms with Crippen LogP contribution in [0.1, 0.15) is 11.1 Å². The van der Waals surface area contributed by atoms with Gasteiger partial charge in [-0.25, -0.2) is 0 Å². The Morgan fingerprint density at radius 3 is 2.61 bits per heavy atom. The fourth-order valence-corrected chi connectivity index (χ4v) is 2.89. The molecule has 0 saturated carbocycles. The Kier molecular flexibility index (Phi) is 4.70. The molecule has 3 aromatic rings. The quantitative estimate of drug-likeness (QED) is 0.748. The van der Waals surface area contributed by atoms with Gasteiger partial charge in [0.1, 0.15) is 6.61 Å². The number of benzene rings is 3. The normalized spacial score (nSPS) is 10.7. The van der Waals surface area contributed by atoms with Crippen molar-refractivity contribution in [2.45, 2.75) is 13.2 Å². The number of halogens is 1. The van der Waals surface area contributed by atoms with E-state index in [2.05, 4.69) is 24.3 Å². The molecule has 0 fully saturated rings. The number of rotatable bonds is 5. The van der Waals surface area contributed by atoms with E-state index in [1.807, 2.05) is 30.3 Å². The first-order valence-corrected chi connectivity index (χ1v) is 7.76. The number of ether oxygens (including phenoxy) is 2. The Hall–Kier alpha value is -2.23. The predicted molar refractivity (Wildman–Crippen MR) is 94.2 cm³/mol. The second kappa shape index (κ2) is 6.90. The summed E-state index contributed by atoms with van der Waals surface area (Å²) in [5.41, 5.74) is 7.67. The maximum Gasteiger partial charge on any atom is 0.180 e. The summed E-state index contributed by atoms with van der Waals surface area (Å²) in [6.07, 6.45) is 0. The van der Waals surface area contributed by atoms with Crippen LogP contribution in [0.15, 0.2) is 54.6 Å². The van der Waals surface area contributed by atoms with E-state index >= 15 is 0 Å². The Balaban J connectivity index is 1.91. The Labute approximate surface area is 140 Å². The third kappa shape index (κ3) is 3.26. The second-order valence-electron chi connectivity index (χ2n) is 5.24. The van der Waals surface area contributed by atoms with E-state index in [9.17, 15) is 0 Å². The molecule has 0 aromatic heterocycles. The summed E-state index contributed by atoms with van der Waals surface area (Å²) in [6.45, 7) is 0.819. The minimum Gasteiger partial charge on any atom is -0.493 e. The lowest BCUT2D eigenvalue weighted by molar-refractivity contribution is 0.285. The van der Waals surface area contributed by atoms with Gasteiger partial charge in [-0.15, -0.1) is 0 Å². The van der Waals surface area contributed by atoms with Gasteiger partial charge in [-0.2, -0.15) is 0 Å². The zero-order valence-electron chi connectivity index (χ0n) is 12.9. The highest BCUT2D eigenvalue weighted by molar-refractivity contribution is 6.32. The first-order chi connectivity index (χ1) is 11.2. The molecule has 3 nitrogen and oxygen atoms in total. The molecule has 0 bridgehead atoms. The van der Waals surface area contributed by atoms with Crippen molar-refractivity contribution in [1.82, 2.24) is 0 Å². The summed E-state index contributed by atoms with van der Waals surface area (Å²) in [4.78, 5) is 0. The average molecular weight is 328 g/mol. The van der Waals surface area contributed by atoms with Gasteiger partial charge in [-0.05, 0) is 34.0 Å². The Bertz CT molecular complexity index is 827. The third-order valence-corrected chi connectivity index (χ3v) is 4.06. The Morgan fingerprint density at radius 2 is 1.83 bits per heavy atom. The highest BCUT2D eigenvalue weighted by Crippen LogP contribution is 2.37. The smallest absolute Gasteiger partial charge is 0.180 e. The lowest BCUT2D eigenvalue weighted by atomic mass is 10.1. The van der Waals surface area contributed by atoms with Crippen molar-refractivity contribution < 1.29 is 9.47 Å². The lowest BCUT2D eigenvalue weighted by Crippen LogP contribution is -2.02. The van der Waals surface area contributed by atoms with E-state index in [-0.39, 0.29) is 0 Å². The topological polar surface area (TPSA) is 44.5 Å². The third-order valence-electron chi connectivity index (χ3n) is 3.78. The van der Waals surface area contributed by atoms with Gasteiger partial charge in [0.05, 0.1) is 12.1 Å². The van der Waals surface area contributed by atoms with Crippen LogP contribution in [-0.4, -0.2) is 7.11 Å². The molecule has 0 amide bonds. The molecule has 4 heteroatoms. The lowest BCUT2D eigenvalue weighted by Gasteiger charge is -2.14. The molecule has 3 rings (SSSR count). The van der Waals surface area contributed by atoms with Gasteiger partial charge in [-0.3, -0.25) is 0 Å². The molecule has 118 valence electrons. The Morgan fingerprint density at radius 1 is 1.04 bits per heavy atom. The molecule has 0 aliphatic carbocycles. The number of hydrogen-bond acceptors (Lipinski definition) is 3. The molecule has 0 saturated heterocycles. The average Bonchev–Trinajstić information content (AvgIpc) is 2.60. The van der Waals surface area contributed by atoms with Crippen LogP contribution < -0.4 is 15.2 Å². The van der Waals surface area contributed by atoms with E-state index in [0.29, 0.717) is 29.7 Å². The summed E-state index contributed by atoms with van der Waals surface area (Å²) in [7, 11) is 1.59. The molecule has 0 radical (unpaired) electrons. The zero-order valence-corrected chi connectivity index (χ0v) is 13.6. The summed E-state index contributed by atoms with van der Waals surface area (Å²) >= 11 is 6.32. The van der Waals surface area contributed by atoms with E-state index in [0.717, 1.165) is 11.1 Å². The molecule has 0 unspecified atom stereocenters. The molecule has 0 aliphatic heterocycles. The summed E-state index contributed by atoms with van der Waals surface area (Å²) in [5, 5.41) is 2.86. The molecule has 0 atom stereocenters. The standard InChI is InChI=1S/C19H18ClNO2/c1-22-18-10-13(11-21)9-17(20)19(18)23-12-15-7-4-6-14-5-2-3-8-16(14)15/h2-10H,11-12,21H2,1H3. The first kappa shape index (κ1) is 15.7. The van der Waals surface area contributed by atoms with Crippen molar-refractivity contribution in [2.24, 2.45) is 5.73 Å². The summed E-state index contributed by atoms with van der Waals surface area (Å²) in [5.74, 6) is 1.14. The van der Waals surface area contributed by atoms with Crippen molar-refractivity contribution in [2.75, 3.05) is 7.11 Å². The van der Waals surface area contributed by atoms with Crippen molar-refractivity contribution in [3.05, 3.63) is 70.7 Å². The molecule has 3 aromatic carbocycles. The number of nitrogens with two attached hydrogens (primary N) is 1. The highest BCUT2D eigenvalue weighted by Gasteiger charge is 2.12. The van der Waals surface area contributed by atoms with Crippen molar-refractivity contribution in [1.29, 1.82) is 0 Å². The van der Waals surface area contributed by atoms with Gasteiger partial charge in [0.15, 0.2) is 11.5 Å². The molecule has 23 heavy (non-hydrogen) atoms. The first-order valence-electron chi connectivity index (χ1n) is 7.39. The van der Waals surface area contributed by atoms with Gasteiger partial charge in [0, 0.05) is 6.54 Å². The van der Waals surface area contributed by atoms with E-state index in [1.165, 1.54) is 10.8 Å². The molecule has 0 aliphatic rings. The van der Waals surface area contributed by atoms with Crippen LogP contribution in [-0.2, 0) is 13.2 Å². The van der Waals surface area contributed by atoms with Crippen LogP contribution >= 0.6 is 11.6 Å². The van der Waals surface area contributed by atoms with Gasteiger partial charge < -0.3 is 15.2 Å².